The molecule has 5 nitrogen and oxygen atoms in total. The van der Waals surface area contributed by atoms with E-state index in [1.165, 1.54) is 0 Å². The highest BCUT2D eigenvalue weighted by Gasteiger charge is 2.25. The first-order chi connectivity index (χ1) is 13.4. The maximum Gasteiger partial charge on any atom is 0.241 e. The Bertz CT molecular complexity index is 838. The van der Waals surface area contributed by atoms with Crippen molar-refractivity contribution in [3.8, 4) is 0 Å². The number of aryl methyl sites for hydroxylation is 1. The molecule has 0 spiro atoms. The summed E-state index contributed by atoms with van der Waals surface area (Å²) in [5.41, 5.74) is 2.88. The Morgan fingerprint density at radius 1 is 1.14 bits per heavy atom. The van der Waals surface area contributed by atoms with Crippen molar-refractivity contribution in [2.45, 2.75) is 30.4 Å². The number of amides is 2. The number of anilines is 2. The van der Waals surface area contributed by atoms with Crippen molar-refractivity contribution < 1.29 is 9.59 Å². The number of rotatable bonds is 5. The van der Waals surface area contributed by atoms with Crippen molar-refractivity contribution in [1.29, 1.82) is 0 Å². The lowest BCUT2D eigenvalue weighted by Crippen LogP contribution is -2.42. The Hall–Kier alpha value is -2.31. The third-order valence-corrected chi connectivity index (χ3v) is 5.94. The summed E-state index contributed by atoms with van der Waals surface area (Å²) >= 11 is 1.81. The van der Waals surface area contributed by atoms with Gasteiger partial charge >= 0.3 is 0 Å². The second-order valence-electron chi connectivity index (χ2n) is 7.32. The zero-order chi connectivity index (χ0) is 20.1. The molecule has 1 heterocycles. The van der Waals surface area contributed by atoms with Gasteiger partial charge in [0.25, 0.3) is 0 Å². The van der Waals surface area contributed by atoms with E-state index in [2.05, 4.69) is 18.3 Å². The molecule has 0 radical (unpaired) electrons. The van der Waals surface area contributed by atoms with E-state index in [9.17, 15) is 9.59 Å². The van der Waals surface area contributed by atoms with Crippen molar-refractivity contribution in [2.24, 2.45) is 0 Å². The molecule has 2 amide bonds. The number of likely N-dealkylation sites (N-methyl/N-ethyl adjacent to an activating group) is 1. The molecule has 0 unspecified atom stereocenters. The van der Waals surface area contributed by atoms with Crippen LogP contribution in [0.1, 0.15) is 18.9 Å². The number of benzene rings is 2. The van der Waals surface area contributed by atoms with Gasteiger partial charge in [0.05, 0.1) is 18.8 Å². The molecule has 0 aromatic heterocycles. The predicted octanol–water partition coefficient (Wildman–Crippen LogP) is 3.78. The number of nitrogens with zero attached hydrogens (tertiary/aromatic N) is 2. The van der Waals surface area contributed by atoms with Gasteiger partial charge in [-0.15, -0.1) is 11.8 Å². The first kappa shape index (κ1) is 20.4. The fourth-order valence-corrected chi connectivity index (χ4v) is 4.31. The standard InChI is InChI=1S/C22H27N3O2S/c1-16-8-10-18(11-9-16)23-21(26)14-24(3)15-22(27)25-13-12-17(2)28-20-7-5-4-6-19(20)25/h4-11,17H,12-15H2,1-3H3,(H,23,26)/t17-/m1/s1. The van der Waals surface area contributed by atoms with Crippen LogP contribution in [0.4, 0.5) is 11.4 Å². The van der Waals surface area contributed by atoms with Crippen LogP contribution in [-0.4, -0.2) is 48.6 Å². The molecule has 1 N–H and O–H groups in total. The third-order valence-electron chi connectivity index (χ3n) is 4.70. The third kappa shape index (κ3) is 5.36. The van der Waals surface area contributed by atoms with Gasteiger partial charge in [0.2, 0.25) is 11.8 Å². The van der Waals surface area contributed by atoms with Gasteiger partial charge in [-0.05, 0) is 44.7 Å². The Morgan fingerprint density at radius 3 is 2.61 bits per heavy atom. The minimum atomic E-state index is -0.125. The Balaban J connectivity index is 1.59. The number of fused-ring (bicyclic) bond motifs is 1. The van der Waals surface area contributed by atoms with Crippen LogP contribution in [0.2, 0.25) is 0 Å². The lowest BCUT2D eigenvalue weighted by molar-refractivity contribution is -0.121. The molecule has 1 aliphatic heterocycles. The number of hydrogen-bond donors (Lipinski definition) is 1. The normalized spacial score (nSPS) is 16.4. The zero-order valence-electron chi connectivity index (χ0n) is 16.6. The topological polar surface area (TPSA) is 52.7 Å². The van der Waals surface area contributed by atoms with Gasteiger partial charge in [0.1, 0.15) is 0 Å². The van der Waals surface area contributed by atoms with Crippen molar-refractivity contribution in [3.05, 3.63) is 54.1 Å². The molecule has 0 bridgehead atoms. The summed E-state index contributed by atoms with van der Waals surface area (Å²) in [5.74, 6) is -0.104. The molecule has 0 saturated heterocycles. The number of thioether (sulfide) groups is 1. The van der Waals surface area contributed by atoms with Crippen LogP contribution in [0.15, 0.2) is 53.4 Å². The van der Waals surface area contributed by atoms with Crippen LogP contribution >= 0.6 is 11.8 Å². The molecular formula is C22H27N3O2S. The summed E-state index contributed by atoms with van der Waals surface area (Å²) in [6.45, 7) is 5.27. The van der Waals surface area contributed by atoms with Crippen LogP contribution in [-0.2, 0) is 9.59 Å². The molecule has 28 heavy (non-hydrogen) atoms. The molecule has 6 heteroatoms. The van der Waals surface area contributed by atoms with Gasteiger partial charge in [-0.1, -0.05) is 36.8 Å². The van der Waals surface area contributed by atoms with E-state index >= 15 is 0 Å². The van der Waals surface area contributed by atoms with Crippen molar-refractivity contribution in [1.82, 2.24) is 4.90 Å². The number of carbonyl (C=O) groups excluding carboxylic acids is 2. The first-order valence-electron chi connectivity index (χ1n) is 9.53. The molecule has 2 aromatic carbocycles. The highest BCUT2D eigenvalue weighted by Crippen LogP contribution is 2.37. The Kier molecular flexibility index (Phi) is 6.75. The Morgan fingerprint density at radius 2 is 1.86 bits per heavy atom. The molecule has 148 valence electrons. The lowest BCUT2D eigenvalue weighted by atomic mass is 10.2. The van der Waals surface area contributed by atoms with E-state index in [0.717, 1.165) is 28.3 Å². The Labute approximate surface area is 171 Å². The fraction of sp³-hybridized carbons (Fsp3) is 0.364. The summed E-state index contributed by atoms with van der Waals surface area (Å²) < 4.78 is 0. The second kappa shape index (κ2) is 9.26. The molecule has 3 rings (SSSR count). The van der Waals surface area contributed by atoms with E-state index < -0.39 is 0 Å². The summed E-state index contributed by atoms with van der Waals surface area (Å²) in [6, 6.07) is 15.7. The monoisotopic (exact) mass is 397 g/mol. The molecule has 2 aromatic rings. The summed E-state index contributed by atoms with van der Waals surface area (Å²) in [7, 11) is 1.80. The van der Waals surface area contributed by atoms with Crippen LogP contribution in [0, 0.1) is 6.92 Å². The fourth-order valence-electron chi connectivity index (χ4n) is 3.20. The van der Waals surface area contributed by atoms with Crippen LogP contribution in [0.3, 0.4) is 0 Å². The summed E-state index contributed by atoms with van der Waals surface area (Å²) in [4.78, 5) is 30.0. The highest BCUT2D eigenvalue weighted by atomic mass is 32.2. The maximum absolute atomic E-state index is 13.0. The van der Waals surface area contributed by atoms with E-state index in [4.69, 9.17) is 0 Å². The maximum atomic E-state index is 13.0. The van der Waals surface area contributed by atoms with Gasteiger partial charge in [0.15, 0.2) is 0 Å². The van der Waals surface area contributed by atoms with Gasteiger partial charge < -0.3 is 10.2 Å². The summed E-state index contributed by atoms with van der Waals surface area (Å²) in [5, 5.41) is 3.34. The first-order valence-corrected chi connectivity index (χ1v) is 10.4. The van der Waals surface area contributed by atoms with Crippen molar-refractivity contribution in [3.63, 3.8) is 0 Å². The molecule has 1 atom stereocenters. The minimum Gasteiger partial charge on any atom is -0.325 e. The SMILES string of the molecule is Cc1ccc(NC(=O)CN(C)CC(=O)N2CC[C@@H](C)Sc3ccccc32)cc1. The van der Waals surface area contributed by atoms with Gasteiger partial charge in [-0.2, -0.15) is 0 Å². The molecule has 0 fully saturated rings. The number of nitrogens with one attached hydrogen (secondary N) is 1. The van der Waals surface area contributed by atoms with Gasteiger partial charge in [0, 0.05) is 22.4 Å². The van der Waals surface area contributed by atoms with Crippen LogP contribution in [0.5, 0.6) is 0 Å². The average molecular weight is 398 g/mol. The van der Waals surface area contributed by atoms with Gasteiger partial charge in [-0.3, -0.25) is 14.5 Å². The molecule has 0 aliphatic carbocycles. The smallest absolute Gasteiger partial charge is 0.241 e. The van der Waals surface area contributed by atoms with Gasteiger partial charge in [-0.25, -0.2) is 0 Å². The quantitative estimate of drug-likeness (QED) is 0.834. The average Bonchev–Trinajstić information content (AvgIpc) is 2.81. The molecule has 0 saturated carbocycles. The van der Waals surface area contributed by atoms with Crippen molar-refractivity contribution in [2.75, 3.05) is 36.9 Å². The van der Waals surface area contributed by atoms with E-state index in [0.29, 0.717) is 11.8 Å². The number of para-hydroxylation sites is 1. The zero-order valence-corrected chi connectivity index (χ0v) is 17.5. The number of hydrogen-bond acceptors (Lipinski definition) is 4. The molecular weight excluding hydrogens is 370 g/mol. The van der Waals surface area contributed by atoms with Crippen LogP contribution < -0.4 is 10.2 Å². The van der Waals surface area contributed by atoms with E-state index in [-0.39, 0.29) is 24.9 Å². The van der Waals surface area contributed by atoms with E-state index in [1.54, 1.807) is 11.9 Å². The van der Waals surface area contributed by atoms with Crippen molar-refractivity contribution >= 4 is 35.0 Å². The summed E-state index contributed by atoms with van der Waals surface area (Å²) in [6.07, 6.45) is 0.947. The lowest BCUT2D eigenvalue weighted by Gasteiger charge is -2.25. The van der Waals surface area contributed by atoms with Crippen LogP contribution in [0.25, 0.3) is 0 Å². The predicted molar refractivity (Wildman–Crippen MR) is 116 cm³/mol. The van der Waals surface area contributed by atoms with E-state index in [1.807, 2.05) is 66.1 Å². The minimum absolute atomic E-state index is 0.0211. The second-order valence-corrected chi connectivity index (χ2v) is 8.80. The number of carbonyl (C=O) groups is 2. The largest absolute Gasteiger partial charge is 0.325 e. The molecule has 1 aliphatic rings. The highest BCUT2D eigenvalue weighted by molar-refractivity contribution is 8.00.